The maximum Gasteiger partial charge on any atom is 0.136 e. The topological polar surface area (TPSA) is 38.9 Å². The van der Waals surface area contributed by atoms with Crippen molar-refractivity contribution in [1.82, 2.24) is 9.97 Å². The summed E-state index contributed by atoms with van der Waals surface area (Å²) in [6.07, 6.45) is 0. The smallest absolute Gasteiger partial charge is 0.136 e. The normalized spacial score (nSPS) is 12.1. The van der Waals surface area contributed by atoms with Crippen molar-refractivity contribution in [2.75, 3.05) is 0 Å². The van der Waals surface area contributed by atoms with E-state index in [1.54, 1.807) is 0 Å². The van der Waals surface area contributed by atoms with E-state index in [0.29, 0.717) is 0 Å². The van der Waals surface area contributed by atoms with Gasteiger partial charge in [-0.25, -0.2) is 9.97 Å². The van der Waals surface area contributed by atoms with Crippen LogP contribution in [-0.2, 0) is 0 Å². The lowest BCUT2D eigenvalue weighted by Gasteiger charge is -2.16. The van der Waals surface area contributed by atoms with Crippen LogP contribution in [0.3, 0.4) is 0 Å². The first-order valence-corrected chi connectivity index (χ1v) is 16.7. The summed E-state index contributed by atoms with van der Waals surface area (Å²) < 4.78 is 6.39. The number of aromatic nitrogens is 2. The van der Waals surface area contributed by atoms with E-state index in [2.05, 4.69) is 146 Å². The number of nitrogens with zero attached hydrogens (tertiary/aromatic N) is 2. The van der Waals surface area contributed by atoms with E-state index < -0.39 is 0 Å². The van der Waals surface area contributed by atoms with Crippen LogP contribution in [0.2, 0.25) is 0 Å². The number of furan rings is 1. The first-order chi connectivity index (χ1) is 24.3. The summed E-state index contributed by atoms with van der Waals surface area (Å²) in [5, 5.41) is 12.6. The van der Waals surface area contributed by atoms with Crippen LogP contribution in [0.5, 0.6) is 0 Å². The van der Waals surface area contributed by atoms with Gasteiger partial charge in [0, 0.05) is 54.2 Å². The minimum absolute atomic E-state index is 0.869. The highest BCUT2D eigenvalue weighted by Gasteiger charge is 2.18. The van der Waals surface area contributed by atoms with Crippen molar-refractivity contribution in [2.45, 2.75) is 0 Å². The zero-order valence-corrected chi connectivity index (χ0v) is 26.3. The molecule has 3 heteroatoms. The van der Waals surface area contributed by atoms with E-state index in [4.69, 9.17) is 14.4 Å². The third kappa shape index (κ3) is 3.84. The zero-order chi connectivity index (χ0) is 32.1. The van der Waals surface area contributed by atoms with Crippen molar-refractivity contribution >= 4 is 87.0 Å². The summed E-state index contributed by atoms with van der Waals surface area (Å²) >= 11 is 0. The molecule has 3 heterocycles. The van der Waals surface area contributed by atoms with Crippen LogP contribution in [0, 0.1) is 0 Å². The van der Waals surface area contributed by atoms with Gasteiger partial charge in [-0.1, -0.05) is 127 Å². The summed E-state index contributed by atoms with van der Waals surface area (Å²) in [6, 6.07) is 56.1. The van der Waals surface area contributed by atoms with Gasteiger partial charge in [-0.2, -0.15) is 0 Å². The Labute approximate surface area is 280 Å². The van der Waals surface area contributed by atoms with Gasteiger partial charge < -0.3 is 4.42 Å². The Morgan fingerprint density at radius 2 is 0.980 bits per heavy atom. The van der Waals surface area contributed by atoms with Crippen LogP contribution in [0.4, 0.5) is 0 Å². The summed E-state index contributed by atoms with van der Waals surface area (Å²) in [4.78, 5) is 10.7. The van der Waals surface area contributed by atoms with Crippen molar-refractivity contribution in [2.24, 2.45) is 0 Å². The Hall–Kier alpha value is -6.58. The highest BCUT2D eigenvalue weighted by molar-refractivity contribution is 6.22. The molecule has 0 atom stereocenters. The second-order valence-corrected chi connectivity index (χ2v) is 12.9. The monoisotopic (exact) mass is 622 g/mol. The molecule has 0 aliphatic carbocycles. The van der Waals surface area contributed by atoms with Crippen molar-refractivity contribution in [3.63, 3.8) is 0 Å². The lowest BCUT2D eigenvalue weighted by atomic mass is 9.91. The molecule has 226 valence electrons. The number of rotatable bonds is 2. The lowest BCUT2D eigenvalue weighted by molar-refractivity contribution is 0.669. The van der Waals surface area contributed by atoms with Gasteiger partial charge in [0.25, 0.3) is 0 Å². The van der Waals surface area contributed by atoms with Crippen LogP contribution in [-0.4, -0.2) is 9.97 Å². The summed E-state index contributed by atoms with van der Waals surface area (Å²) in [7, 11) is 0. The summed E-state index contributed by atoms with van der Waals surface area (Å²) in [5.74, 6) is 0. The number of para-hydroxylation sites is 2. The van der Waals surface area contributed by atoms with E-state index in [-0.39, 0.29) is 0 Å². The average molecular weight is 623 g/mol. The van der Waals surface area contributed by atoms with Crippen LogP contribution in [0.25, 0.3) is 109 Å². The Morgan fingerprint density at radius 3 is 1.73 bits per heavy atom. The van der Waals surface area contributed by atoms with E-state index in [1.807, 2.05) is 12.1 Å². The van der Waals surface area contributed by atoms with E-state index in [9.17, 15) is 0 Å². The second-order valence-electron chi connectivity index (χ2n) is 12.9. The first-order valence-electron chi connectivity index (χ1n) is 16.7. The standard InChI is InChI=1S/C46H26N2O/c1-3-14-31-27(10-1)20-22-35-43(36-23-21-28-11-2-4-15-32(28)46(36)48-45(31)35)29-12-9-13-30(24-29)44-39-26-42-38(34-17-6-8-19-41(34)49-42)25-37(39)33-16-5-7-18-40(33)47-44/h1-26H. The highest BCUT2D eigenvalue weighted by Crippen LogP contribution is 2.43. The van der Waals surface area contributed by atoms with Crippen molar-refractivity contribution in [3.8, 4) is 22.4 Å². The maximum atomic E-state index is 6.39. The van der Waals surface area contributed by atoms with Crippen LogP contribution < -0.4 is 0 Å². The van der Waals surface area contributed by atoms with E-state index in [0.717, 1.165) is 87.6 Å². The van der Waals surface area contributed by atoms with Gasteiger partial charge >= 0.3 is 0 Å². The van der Waals surface area contributed by atoms with Gasteiger partial charge in [0.2, 0.25) is 0 Å². The predicted octanol–water partition coefficient (Wildman–Crippen LogP) is 12.6. The molecule has 49 heavy (non-hydrogen) atoms. The number of fused-ring (bicyclic) bond motifs is 12. The molecule has 0 radical (unpaired) electrons. The van der Waals surface area contributed by atoms with Crippen LogP contribution >= 0.6 is 0 Å². The number of benzene rings is 8. The molecule has 0 saturated carbocycles. The highest BCUT2D eigenvalue weighted by atomic mass is 16.3. The molecule has 3 nitrogen and oxygen atoms in total. The number of hydrogen-bond donors (Lipinski definition) is 0. The Balaban J connectivity index is 1.23. The van der Waals surface area contributed by atoms with Gasteiger partial charge in [-0.3, -0.25) is 0 Å². The van der Waals surface area contributed by atoms with E-state index in [1.165, 1.54) is 21.7 Å². The number of hydrogen-bond acceptors (Lipinski definition) is 3. The quantitative estimate of drug-likeness (QED) is 0.142. The molecular weight excluding hydrogens is 597 g/mol. The molecule has 0 bridgehead atoms. The largest absolute Gasteiger partial charge is 0.456 e. The molecule has 11 aromatic rings. The molecule has 3 aromatic heterocycles. The fourth-order valence-corrected chi connectivity index (χ4v) is 7.93. The Morgan fingerprint density at radius 1 is 0.347 bits per heavy atom. The molecule has 0 fully saturated rings. The van der Waals surface area contributed by atoms with Gasteiger partial charge in [0.05, 0.1) is 22.2 Å². The van der Waals surface area contributed by atoms with E-state index >= 15 is 0 Å². The molecule has 0 aliphatic rings. The van der Waals surface area contributed by atoms with Crippen LogP contribution in [0.1, 0.15) is 0 Å². The van der Waals surface area contributed by atoms with Crippen LogP contribution in [0.15, 0.2) is 162 Å². The van der Waals surface area contributed by atoms with Gasteiger partial charge in [-0.05, 0) is 52.1 Å². The third-order valence-electron chi connectivity index (χ3n) is 10.2. The van der Waals surface area contributed by atoms with Gasteiger partial charge in [0.15, 0.2) is 0 Å². The van der Waals surface area contributed by atoms with Crippen molar-refractivity contribution in [1.29, 1.82) is 0 Å². The minimum Gasteiger partial charge on any atom is -0.456 e. The second kappa shape index (κ2) is 9.96. The molecular formula is C46H26N2O. The fraction of sp³-hybridized carbons (Fsp3) is 0. The van der Waals surface area contributed by atoms with Gasteiger partial charge in [-0.15, -0.1) is 0 Å². The van der Waals surface area contributed by atoms with Gasteiger partial charge in [0.1, 0.15) is 11.2 Å². The molecule has 0 unspecified atom stereocenters. The molecule has 0 saturated heterocycles. The minimum atomic E-state index is 0.869. The van der Waals surface area contributed by atoms with Crippen molar-refractivity contribution < 1.29 is 4.42 Å². The zero-order valence-electron chi connectivity index (χ0n) is 26.3. The molecule has 0 aliphatic heterocycles. The Kier molecular flexibility index (Phi) is 5.38. The summed E-state index contributed by atoms with van der Waals surface area (Å²) in [5.41, 5.74) is 9.09. The molecule has 0 N–H and O–H groups in total. The number of pyridine rings is 2. The Bertz CT molecular complexity index is 3080. The van der Waals surface area contributed by atoms with Crippen molar-refractivity contribution in [3.05, 3.63) is 158 Å². The molecule has 0 amide bonds. The average Bonchev–Trinajstić information content (AvgIpc) is 3.53. The predicted molar refractivity (Wildman–Crippen MR) is 205 cm³/mol. The maximum absolute atomic E-state index is 6.39. The summed E-state index contributed by atoms with van der Waals surface area (Å²) in [6.45, 7) is 0. The molecule has 0 spiro atoms. The third-order valence-corrected chi connectivity index (χ3v) is 10.2. The first kappa shape index (κ1) is 26.5. The fourth-order valence-electron chi connectivity index (χ4n) is 7.93. The molecule has 8 aromatic carbocycles. The SMILES string of the molecule is c1cc(-c2nc3ccccc3c3cc4c(cc23)oc2ccccc24)cc(-c2c3ccc4ccccc4c3nc3c2ccc2ccccc23)c1. The molecule has 11 rings (SSSR count). The lowest BCUT2D eigenvalue weighted by Crippen LogP contribution is -1.93.